The molecule has 1 atom stereocenters. The molecule has 5 heteroatoms. The van der Waals surface area contributed by atoms with Crippen molar-refractivity contribution in [3.8, 4) is 0 Å². The molecule has 2 aliphatic heterocycles. The SMILES string of the molecule is O=C(O)N1CCC(CNCCN2CCCCC2)C1. The summed E-state index contributed by atoms with van der Waals surface area (Å²) < 4.78 is 0. The Morgan fingerprint density at radius 3 is 2.67 bits per heavy atom. The normalized spacial score (nSPS) is 25.6. The molecule has 2 heterocycles. The second-order valence-corrected chi connectivity index (χ2v) is 5.49. The number of rotatable bonds is 5. The molecule has 0 bridgehead atoms. The minimum Gasteiger partial charge on any atom is -0.465 e. The number of piperidine rings is 1. The number of carboxylic acid groups (broad SMARTS) is 1. The largest absolute Gasteiger partial charge is 0.465 e. The number of likely N-dealkylation sites (tertiary alicyclic amines) is 2. The maximum Gasteiger partial charge on any atom is 0.407 e. The van der Waals surface area contributed by atoms with Gasteiger partial charge in [-0.25, -0.2) is 4.79 Å². The maximum atomic E-state index is 10.8. The highest BCUT2D eigenvalue weighted by Crippen LogP contribution is 2.15. The van der Waals surface area contributed by atoms with E-state index in [4.69, 9.17) is 5.11 Å². The van der Waals surface area contributed by atoms with Crippen LogP contribution in [0.3, 0.4) is 0 Å². The molecule has 0 spiro atoms. The van der Waals surface area contributed by atoms with Crippen LogP contribution in [0.25, 0.3) is 0 Å². The lowest BCUT2D eigenvalue weighted by Gasteiger charge is -2.26. The Morgan fingerprint density at radius 1 is 1.22 bits per heavy atom. The third-order valence-electron chi connectivity index (χ3n) is 4.04. The fraction of sp³-hybridized carbons (Fsp3) is 0.923. The van der Waals surface area contributed by atoms with Crippen LogP contribution in [0.2, 0.25) is 0 Å². The van der Waals surface area contributed by atoms with Gasteiger partial charge in [0.25, 0.3) is 0 Å². The van der Waals surface area contributed by atoms with E-state index in [-0.39, 0.29) is 0 Å². The molecule has 2 aliphatic rings. The third-order valence-corrected chi connectivity index (χ3v) is 4.04. The van der Waals surface area contributed by atoms with Gasteiger partial charge in [0.05, 0.1) is 0 Å². The van der Waals surface area contributed by atoms with E-state index in [0.29, 0.717) is 19.0 Å². The first-order valence-electron chi connectivity index (χ1n) is 7.16. The van der Waals surface area contributed by atoms with Crippen LogP contribution in [0.15, 0.2) is 0 Å². The number of nitrogens with zero attached hydrogens (tertiary/aromatic N) is 2. The zero-order chi connectivity index (χ0) is 12.8. The predicted octanol–water partition coefficient (Wildman–Crippen LogP) is 1.06. The second-order valence-electron chi connectivity index (χ2n) is 5.49. The Balaban J connectivity index is 1.52. The van der Waals surface area contributed by atoms with Gasteiger partial charge in [0.15, 0.2) is 0 Å². The molecular formula is C13H25N3O2. The van der Waals surface area contributed by atoms with Gasteiger partial charge in [-0.15, -0.1) is 0 Å². The summed E-state index contributed by atoms with van der Waals surface area (Å²) in [5.41, 5.74) is 0. The van der Waals surface area contributed by atoms with E-state index in [1.165, 1.54) is 37.3 Å². The molecule has 104 valence electrons. The number of nitrogens with one attached hydrogen (secondary N) is 1. The zero-order valence-corrected chi connectivity index (χ0v) is 11.1. The van der Waals surface area contributed by atoms with Crippen molar-refractivity contribution in [2.75, 3.05) is 45.8 Å². The number of hydrogen-bond acceptors (Lipinski definition) is 3. The van der Waals surface area contributed by atoms with E-state index in [1.807, 2.05) is 0 Å². The lowest BCUT2D eigenvalue weighted by Crippen LogP contribution is -2.37. The molecule has 18 heavy (non-hydrogen) atoms. The lowest BCUT2D eigenvalue weighted by molar-refractivity contribution is 0.154. The molecule has 2 saturated heterocycles. The van der Waals surface area contributed by atoms with E-state index < -0.39 is 6.09 Å². The fourth-order valence-corrected chi connectivity index (χ4v) is 2.90. The molecule has 5 nitrogen and oxygen atoms in total. The van der Waals surface area contributed by atoms with Crippen molar-refractivity contribution < 1.29 is 9.90 Å². The smallest absolute Gasteiger partial charge is 0.407 e. The van der Waals surface area contributed by atoms with Crippen molar-refractivity contribution >= 4 is 6.09 Å². The molecule has 0 aromatic carbocycles. The minimum absolute atomic E-state index is 0.502. The highest BCUT2D eigenvalue weighted by molar-refractivity contribution is 5.65. The molecule has 1 unspecified atom stereocenters. The monoisotopic (exact) mass is 255 g/mol. The summed E-state index contributed by atoms with van der Waals surface area (Å²) in [6.45, 7) is 7.02. The maximum absolute atomic E-state index is 10.8. The average molecular weight is 255 g/mol. The number of carbonyl (C=O) groups is 1. The summed E-state index contributed by atoms with van der Waals surface area (Å²) in [5, 5.41) is 12.3. The van der Waals surface area contributed by atoms with E-state index in [1.54, 1.807) is 0 Å². The molecule has 2 rings (SSSR count). The van der Waals surface area contributed by atoms with Crippen molar-refractivity contribution in [2.24, 2.45) is 5.92 Å². The average Bonchev–Trinajstić information content (AvgIpc) is 2.85. The Hall–Kier alpha value is -0.810. The summed E-state index contributed by atoms with van der Waals surface area (Å²) in [6, 6.07) is 0. The van der Waals surface area contributed by atoms with Crippen LogP contribution in [0.1, 0.15) is 25.7 Å². The predicted molar refractivity (Wildman–Crippen MR) is 70.9 cm³/mol. The highest BCUT2D eigenvalue weighted by atomic mass is 16.4. The molecule has 0 radical (unpaired) electrons. The molecule has 0 aromatic heterocycles. The van der Waals surface area contributed by atoms with Crippen LogP contribution >= 0.6 is 0 Å². The van der Waals surface area contributed by atoms with E-state index in [0.717, 1.165) is 26.1 Å². The molecule has 2 fully saturated rings. The first-order chi connectivity index (χ1) is 8.75. The van der Waals surface area contributed by atoms with E-state index in [2.05, 4.69) is 10.2 Å². The lowest BCUT2D eigenvalue weighted by atomic mass is 10.1. The number of hydrogen-bond donors (Lipinski definition) is 2. The topological polar surface area (TPSA) is 55.8 Å². The van der Waals surface area contributed by atoms with Gasteiger partial charge in [0, 0.05) is 26.2 Å². The third kappa shape index (κ3) is 4.14. The quantitative estimate of drug-likeness (QED) is 0.721. The second kappa shape index (κ2) is 6.95. The molecule has 0 aliphatic carbocycles. The Bertz CT molecular complexity index is 267. The number of amides is 1. The van der Waals surface area contributed by atoms with Gasteiger partial charge in [0.1, 0.15) is 0 Å². The van der Waals surface area contributed by atoms with Gasteiger partial charge >= 0.3 is 6.09 Å². The summed E-state index contributed by atoms with van der Waals surface area (Å²) in [7, 11) is 0. The van der Waals surface area contributed by atoms with Crippen molar-refractivity contribution in [3.63, 3.8) is 0 Å². The molecule has 0 saturated carbocycles. The fourth-order valence-electron chi connectivity index (χ4n) is 2.90. The standard InChI is InChI=1S/C13H25N3O2/c17-13(18)16-8-4-12(11-16)10-14-5-9-15-6-2-1-3-7-15/h12,14H,1-11H2,(H,17,18). The summed E-state index contributed by atoms with van der Waals surface area (Å²) in [6.07, 6.45) is 4.30. The van der Waals surface area contributed by atoms with Gasteiger partial charge in [-0.2, -0.15) is 0 Å². The molecule has 0 aromatic rings. The van der Waals surface area contributed by atoms with Gasteiger partial charge in [-0.1, -0.05) is 6.42 Å². The van der Waals surface area contributed by atoms with Crippen LogP contribution in [0.4, 0.5) is 4.79 Å². The van der Waals surface area contributed by atoms with Gasteiger partial charge in [-0.05, 0) is 44.8 Å². The molecule has 2 N–H and O–H groups in total. The van der Waals surface area contributed by atoms with Crippen molar-refractivity contribution in [2.45, 2.75) is 25.7 Å². The van der Waals surface area contributed by atoms with Gasteiger partial charge < -0.3 is 20.2 Å². The van der Waals surface area contributed by atoms with Gasteiger partial charge in [0.2, 0.25) is 0 Å². The van der Waals surface area contributed by atoms with Crippen LogP contribution in [-0.2, 0) is 0 Å². The van der Waals surface area contributed by atoms with E-state index >= 15 is 0 Å². The van der Waals surface area contributed by atoms with Crippen LogP contribution in [0, 0.1) is 5.92 Å². The molecular weight excluding hydrogens is 230 g/mol. The zero-order valence-electron chi connectivity index (χ0n) is 11.1. The highest BCUT2D eigenvalue weighted by Gasteiger charge is 2.25. The first kappa shape index (κ1) is 13.6. The summed E-state index contributed by atoms with van der Waals surface area (Å²) in [5.74, 6) is 0.502. The Labute approximate surface area is 109 Å². The van der Waals surface area contributed by atoms with Crippen molar-refractivity contribution in [1.29, 1.82) is 0 Å². The Kier molecular flexibility index (Phi) is 5.26. The minimum atomic E-state index is -0.772. The van der Waals surface area contributed by atoms with Crippen LogP contribution < -0.4 is 5.32 Å². The summed E-state index contributed by atoms with van der Waals surface area (Å²) >= 11 is 0. The summed E-state index contributed by atoms with van der Waals surface area (Å²) in [4.78, 5) is 14.8. The van der Waals surface area contributed by atoms with Gasteiger partial charge in [-0.3, -0.25) is 0 Å². The van der Waals surface area contributed by atoms with Crippen molar-refractivity contribution in [3.05, 3.63) is 0 Å². The van der Waals surface area contributed by atoms with Crippen molar-refractivity contribution in [1.82, 2.24) is 15.1 Å². The molecule has 1 amide bonds. The van der Waals surface area contributed by atoms with E-state index in [9.17, 15) is 4.79 Å². The Morgan fingerprint density at radius 2 is 2.00 bits per heavy atom. The first-order valence-corrected chi connectivity index (χ1v) is 7.16. The van der Waals surface area contributed by atoms with Crippen LogP contribution in [0.5, 0.6) is 0 Å². The van der Waals surface area contributed by atoms with Crippen LogP contribution in [-0.4, -0.2) is 66.8 Å².